The summed E-state index contributed by atoms with van der Waals surface area (Å²) in [7, 11) is 0. The molecule has 8 heteroatoms. The first-order valence-corrected chi connectivity index (χ1v) is 9.59. The van der Waals surface area contributed by atoms with Gasteiger partial charge in [0.15, 0.2) is 0 Å². The van der Waals surface area contributed by atoms with E-state index in [0.717, 1.165) is 18.9 Å². The molecule has 0 bridgehead atoms. The number of nitrogens with two attached hydrogens (primary N) is 1. The third-order valence-electron chi connectivity index (χ3n) is 4.90. The fourth-order valence-electron chi connectivity index (χ4n) is 3.10. The van der Waals surface area contributed by atoms with Crippen molar-refractivity contribution in [3.8, 4) is 6.07 Å². The van der Waals surface area contributed by atoms with Gasteiger partial charge in [0.25, 0.3) is 0 Å². The van der Waals surface area contributed by atoms with E-state index in [1.54, 1.807) is 24.3 Å². The van der Waals surface area contributed by atoms with Crippen molar-refractivity contribution >= 4 is 28.9 Å². The molecule has 0 aromatic heterocycles. The van der Waals surface area contributed by atoms with Crippen LogP contribution in [-0.4, -0.2) is 23.6 Å². The van der Waals surface area contributed by atoms with Crippen molar-refractivity contribution in [1.29, 1.82) is 10.7 Å². The largest absolute Gasteiger partial charge is 0.371 e. The fourth-order valence-corrected chi connectivity index (χ4v) is 3.10. The first-order chi connectivity index (χ1) is 14.4. The molecule has 1 saturated carbocycles. The highest BCUT2D eigenvalue weighted by Crippen LogP contribution is 2.34. The van der Waals surface area contributed by atoms with Gasteiger partial charge in [-0.05, 0) is 30.0 Å². The number of hydrogen-bond donors (Lipinski definition) is 4. The summed E-state index contributed by atoms with van der Waals surface area (Å²) in [4.78, 5) is 24.1. The van der Waals surface area contributed by atoms with E-state index in [4.69, 9.17) is 11.1 Å². The minimum absolute atomic E-state index is 0.0214. The molecule has 3 rings (SSSR count). The predicted molar refractivity (Wildman–Crippen MR) is 112 cm³/mol. The summed E-state index contributed by atoms with van der Waals surface area (Å²) < 4.78 is 14.5. The van der Waals surface area contributed by atoms with Crippen molar-refractivity contribution in [2.24, 2.45) is 11.7 Å². The minimum atomic E-state index is -0.741. The van der Waals surface area contributed by atoms with Gasteiger partial charge in [-0.1, -0.05) is 43.2 Å². The van der Waals surface area contributed by atoms with Crippen LogP contribution in [0.25, 0.3) is 0 Å². The normalized spacial score (nSPS) is 13.7. The van der Waals surface area contributed by atoms with Gasteiger partial charge in [-0.25, -0.2) is 4.39 Å². The van der Waals surface area contributed by atoms with E-state index in [1.165, 1.54) is 6.07 Å². The molecule has 0 radical (unpaired) electrons. The van der Waals surface area contributed by atoms with Crippen molar-refractivity contribution in [2.75, 3.05) is 10.6 Å². The number of carbonyl (C=O) groups is 2. The smallest absolute Gasteiger partial charge is 0.239 e. The molecule has 0 spiro atoms. The first-order valence-electron chi connectivity index (χ1n) is 9.59. The number of anilines is 2. The minimum Gasteiger partial charge on any atom is -0.371 e. The Labute approximate surface area is 173 Å². The van der Waals surface area contributed by atoms with Crippen molar-refractivity contribution in [3.63, 3.8) is 0 Å². The molecule has 30 heavy (non-hydrogen) atoms. The average molecular weight is 407 g/mol. The van der Waals surface area contributed by atoms with Crippen LogP contribution in [-0.2, 0) is 9.59 Å². The summed E-state index contributed by atoms with van der Waals surface area (Å²) >= 11 is 0. The number of nitriles is 1. The molecule has 154 valence electrons. The number of nitrogens with zero attached hydrogens (tertiary/aromatic N) is 1. The number of halogens is 1. The van der Waals surface area contributed by atoms with Gasteiger partial charge in [0.05, 0.1) is 23.4 Å². The maximum absolute atomic E-state index is 14.5. The number of amides is 2. The zero-order valence-corrected chi connectivity index (χ0v) is 16.2. The topological polar surface area (TPSA) is 132 Å². The van der Waals surface area contributed by atoms with E-state index in [2.05, 4.69) is 10.6 Å². The highest BCUT2D eigenvalue weighted by molar-refractivity contribution is 6.12. The van der Waals surface area contributed by atoms with Crippen molar-refractivity contribution in [3.05, 3.63) is 59.4 Å². The van der Waals surface area contributed by atoms with Gasteiger partial charge in [-0.15, -0.1) is 0 Å². The van der Waals surface area contributed by atoms with E-state index < -0.39 is 23.7 Å². The van der Waals surface area contributed by atoms with Crippen LogP contribution < -0.4 is 16.4 Å². The Balaban J connectivity index is 1.75. The molecule has 0 heterocycles. The maximum Gasteiger partial charge on any atom is 0.239 e. The number of rotatable bonds is 9. The molecule has 7 nitrogen and oxygen atoms in total. The molecule has 5 N–H and O–H groups in total. The van der Waals surface area contributed by atoms with Crippen LogP contribution in [0.1, 0.15) is 36.8 Å². The van der Waals surface area contributed by atoms with Crippen molar-refractivity contribution in [1.82, 2.24) is 0 Å². The number of primary amides is 1. The first kappa shape index (κ1) is 21.0. The zero-order chi connectivity index (χ0) is 21.7. The summed E-state index contributed by atoms with van der Waals surface area (Å²) in [5.74, 6) is -1.43. The summed E-state index contributed by atoms with van der Waals surface area (Å²) in [6, 6.07) is 12.2. The lowest BCUT2D eigenvalue weighted by atomic mass is 10.1. The SMILES string of the molecule is N#Cc1cc(F)c(NC(CC2CC2)C(N)=O)cc1NC(=O)CC(=N)c1ccccc1. The fraction of sp³-hybridized carbons (Fsp3) is 0.273. The van der Waals surface area contributed by atoms with Crippen LogP contribution in [0.15, 0.2) is 42.5 Å². The number of nitrogens with one attached hydrogen (secondary N) is 3. The number of benzene rings is 2. The van der Waals surface area contributed by atoms with Gasteiger partial charge in [0.1, 0.15) is 17.9 Å². The lowest BCUT2D eigenvalue weighted by Crippen LogP contribution is -2.36. The molecule has 2 aromatic rings. The van der Waals surface area contributed by atoms with E-state index in [0.29, 0.717) is 17.9 Å². The molecule has 1 aliphatic carbocycles. The quantitative estimate of drug-likeness (QED) is 0.475. The Morgan fingerprint density at radius 2 is 1.93 bits per heavy atom. The van der Waals surface area contributed by atoms with E-state index in [9.17, 15) is 19.2 Å². The van der Waals surface area contributed by atoms with Gasteiger partial charge in [-0.2, -0.15) is 5.26 Å². The summed E-state index contributed by atoms with van der Waals surface area (Å²) in [6.45, 7) is 0. The molecule has 0 saturated heterocycles. The van der Waals surface area contributed by atoms with Gasteiger partial charge < -0.3 is 21.8 Å². The summed E-state index contributed by atoms with van der Waals surface area (Å²) in [5, 5.41) is 22.7. The van der Waals surface area contributed by atoms with Crippen LogP contribution >= 0.6 is 0 Å². The standard InChI is InChI=1S/C22H22FN5O2/c23-16-9-15(12-24)18(11-19(16)27-20(22(26)30)8-13-6-7-13)28-21(29)10-17(25)14-4-2-1-3-5-14/h1-5,9,11,13,20,25,27H,6-8,10H2,(H2,26,30)(H,28,29). The monoisotopic (exact) mass is 407 g/mol. The van der Waals surface area contributed by atoms with Crippen LogP contribution in [0.2, 0.25) is 0 Å². The van der Waals surface area contributed by atoms with Gasteiger partial charge >= 0.3 is 0 Å². The summed E-state index contributed by atoms with van der Waals surface area (Å²) in [6.07, 6.45) is 2.32. The van der Waals surface area contributed by atoms with Gasteiger partial charge in [0, 0.05) is 5.71 Å². The van der Waals surface area contributed by atoms with Crippen LogP contribution in [0.5, 0.6) is 0 Å². The molecule has 1 fully saturated rings. The number of carbonyl (C=O) groups excluding carboxylic acids is 2. The zero-order valence-electron chi connectivity index (χ0n) is 16.2. The Hall–Kier alpha value is -3.73. The van der Waals surface area contributed by atoms with Crippen LogP contribution in [0.3, 0.4) is 0 Å². The van der Waals surface area contributed by atoms with Crippen LogP contribution in [0, 0.1) is 28.5 Å². The van der Waals surface area contributed by atoms with Crippen molar-refractivity contribution < 1.29 is 14.0 Å². The predicted octanol–water partition coefficient (Wildman–Crippen LogP) is 3.16. The van der Waals surface area contributed by atoms with Crippen molar-refractivity contribution in [2.45, 2.75) is 31.7 Å². The lowest BCUT2D eigenvalue weighted by Gasteiger charge is -2.18. The highest BCUT2D eigenvalue weighted by Gasteiger charge is 2.29. The van der Waals surface area contributed by atoms with Crippen LogP contribution in [0.4, 0.5) is 15.8 Å². The third kappa shape index (κ3) is 5.41. The maximum atomic E-state index is 14.5. The molecule has 2 aromatic carbocycles. The van der Waals surface area contributed by atoms with E-state index in [1.807, 2.05) is 12.1 Å². The second-order valence-corrected chi connectivity index (χ2v) is 7.34. The second-order valence-electron chi connectivity index (χ2n) is 7.34. The van der Waals surface area contributed by atoms with E-state index in [-0.39, 0.29) is 29.1 Å². The Morgan fingerprint density at radius 1 is 1.23 bits per heavy atom. The Morgan fingerprint density at radius 3 is 2.53 bits per heavy atom. The molecular weight excluding hydrogens is 385 g/mol. The average Bonchev–Trinajstić information content (AvgIpc) is 3.54. The molecule has 0 aliphatic heterocycles. The molecule has 1 unspecified atom stereocenters. The molecule has 1 atom stereocenters. The molecule has 1 aliphatic rings. The molecule has 2 amide bonds. The van der Waals surface area contributed by atoms with Gasteiger partial charge in [-0.3, -0.25) is 9.59 Å². The Bertz CT molecular complexity index is 1010. The number of hydrogen-bond acceptors (Lipinski definition) is 5. The highest BCUT2D eigenvalue weighted by atomic mass is 19.1. The van der Waals surface area contributed by atoms with E-state index >= 15 is 0 Å². The second kappa shape index (κ2) is 9.18. The Kier molecular flexibility index (Phi) is 6.42. The molecular formula is C22H22FN5O2. The summed E-state index contributed by atoms with van der Waals surface area (Å²) in [5.41, 5.74) is 6.17. The third-order valence-corrected chi connectivity index (χ3v) is 4.90. The van der Waals surface area contributed by atoms with Gasteiger partial charge in [0.2, 0.25) is 11.8 Å². The lowest BCUT2D eigenvalue weighted by molar-refractivity contribution is -0.119.